The molecule has 2 heteroatoms. The molecule has 1 saturated heterocycles. The van der Waals surface area contributed by atoms with Crippen LogP contribution in [0.4, 0.5) is 0 Å². The van der Waals surface area contributed by atoms with Crippen molar-refractivity contribution in [2.75, 3.05) is 26.2 Å². The van der Waals surface area contributed by atoms with Crippen LogP contribution in [0.1, 0.15) is 41.0 Å². The van der Waals surface area contributed by atoms with Crippen LogP contribution >= 0.6 is 0 Å². The number of piperazine rings is 1. The summed E-state index contributed by atoms with van der Waals surface area (Å²) in [5.74, 6) is 0.820. The Hall–Kier alpha value is -0.0800. The molecule has 1 rings (SSSR count). The SMILES string of the molecule is CC(C)CCN1CCNCC1C(C)(C)C. The summed E-state index contributed by atoms with van der Waals surface area (Å²) in [6, 6.07) is 0.699. The highest BCUT2D eigenvalue weighted by Gasteiger charge is 2.31. The van der Waals surface area contributed by atoms with Gasteiger partial charge in [-0.3, -0.25) is 4.90 Å². The van der Waals surface area contributed by atoms with Gasteiger partial charge in [0.2, 0.25) is 0 Å². The van der Waals surface area contributed by atoms with Crippen LogP contribution in [-0.2, 0) is 0 Å². The van der Waals surface area contributed by atoms with Crippen LogP contribution < -0.4 is 5.32 Å². The lowest BCUT2D eigenvalue weighted by molar-refractivity contribution is 0.0714. The molecule has 1 unspecified atom stereocenters. The van der Waals surface area contributed by atoms with E-state index in [1.165, 1.54) is 19.5 Å². The summed E-state index contributed by atoms with van der Waals surface area (Å²) >= 11 is 0. The second kappa shape index (κ2) is 5.31. The second-order valence-corrected chi connectivity index (χ2v) is 6.30. The van der Waals surface area contributed by atoms with E-state index in [0.29, 0.717) is 11.5 Å². The van der Waals surface area contributed by atoms with E-state index in [9.17, 15) is 0 Å². The quantitative estimate of drug-likeness (QED) is 0.772. The Morgan fingerprint density at radius 1 is 1.33 bits per heavy atom. The lowest BCUT2D eigenvalue weighted by Crippen LogP contribution is -2.56. The molecule has 1 N–H and O–H groups in total. The summed E-state index contributed by atoms with van der Waals surface area (Å²) in [4.78, 5) is 2.68. The van der Waals surface area contributed by atoms with Crippen LogP contribution in [0.3, 0.4) is 0 Å². The molecule has 0 aromatic carbocycles. The fourth-order valence-corrected chi connectivity index (χ4v) is 2.29. The predicted molar refractivity (Wildman–Crippen MR) is 67.1 cm³/mol. The molecule has 0 bridgehead atoms. The molecular weight excluding hydrogens is 184 g/mol. The van der Waals surface area contributed by atoms with Crippen LogP contribution in [0.25, 0.3) is 0 Å². The lowest BCUT2D eigenvalue weighted by Gasteiger charge is -2.44. The lowest BCUT2D eigenvalue weighted by atomic mass is 9.84. The molecule has 90 valence electrons. The van der Waals surface area contributed by atoms with E-state index in [2.05, 4.69) is 44.8 Å². The zero-order chi connectivity index (χ0) is 11.5. The van der Waals surface area contributed by atoms with Gasteiger partial charge in [-0.1, -0.05) is 34.6 Å². The summed E-state index contributed by atoms with van der Waals surface area (Å²) in [7, 11) is 0. The monoisotopic (exact) mass is 212 g/mol. The molecule has 0 aromatic rings. The van der Waals surface area contributed by atoms with Gasteiger partial charge in [0.15, 0.2) is 0 Å². The van der Waals surface area contributed by atoms with Gasteiger partial charge < -0.3 is 5.32 Å². The summed E-state index contributed by atoms with van der Waals surface area (Å²) in [5, 5.41) is 3.52. The fourth-order valence-electron chi connectivity index (χ4n) is 2.29. The molecule has 0 radical (unpaired) electrons. The average Bonchev–Trinajstić information content (AvgIpc) is 2.13. The van der Waals surface area contributed by atoms with Crippen molar-refractivity contribution in [1.82, 2.24) is 10.2 Å². The van der Waals surface area contributed by atoms with Crippen molar-refractivity contribution >= 4 is 0 Å². The van der Waals surface area contributed by atoms with Crippen molar-refractivity contribution in [3.63, 3.8) is 0 Å². The molecule has 1 aliphatic rings. The molecule has 1 heterocycles. The molecule has 0 amide bonds. The topological polar surface area (TPSA) is 15.3 Å². The Balaban J connectivity index is 2.50. The number of nitrogens with one attached hydrogen (secondary N) is 1. The van der Waals surface area contributed by atoms with Crippen molar-refractivity contribution in [2.24, 2.45) is 11.3 Å². The van der Waals surface area contributed by atoms with E-state index in [0.717, 1.165) is 19.0 Å². The normalized spacial score (nSPS) is 24.8. The third-order valence-electron chi connectivity index (χ3n) is 3.35. The van der Waals surface area contributed by atoms with E-state index >= 15 is 0 Å². The number of hydrogen-bond donors (Lipinski definition) is 1. The maximum absolute atomic E-state index is 3.52. The Kier molecular flexibility index (Phi) is 4.60. The zero-order valence-electron chi connectivity index (χ0n) is 11.1. The van der Waals surface area contributed by atoms with Crippen molar-refractivity contribution < 1.29 is 0 Å². The minimum Gasteiger partial charge on any atom is -0.314 e. The fraction of sp³-hybridized carbons (Fsp3) is 1.00. The van der Waals surface area contributed by atoms with Gasteiger partial charge in [-0.2, -0.15) is 0 Å². The first kappa shape index (κ1) is 13.0. The van der Waals surface area contributed by atoms with E-state index in [1.54, 1.807) is 0 Å². The minimum absolute atomic E-state index is 0.393. The van der Waals surface area contributed by atoms with Crippen molar-refractivity contribution in [3.05, 3.63) is 0 Å². The summed E-state index contributed by atoms with van der Waals surface area (Å²) in [5.41, 5.74) is 0.393. The van der Waals surface area contributed by atoms with Gasteiger partial charge in [0.1, 0.15) is 0 Å². The number of nitrogens with zero attached hydrogens (tertiary/aromatic N) is 1. The predicted octanol–water partition coefficient (Wildman–Crippen LogP) is 2.35. The summed E-state index contributed by atoms with van der Waals surface area (Å²) < 4.78 is 0. The highest BCUT2D eigenvalue weighted by molar-refractivity contribution is 4.88. The Labute approximate surface area is 95.4 Å². The molecule has 1 aliphatic heterocycles. The smallest absolute Gasteiger partial charge is 0.0269 e. The van der Waals surface area contributed by atoms with Crippen molar-refractivity contribution in [2.45, 2.75) is 47.1 Å². The zero-order valence-corrected chi connectivity index (χ0v) is 11.1. The summed E-state index contributed by atoms with van der Waals surface area (Å²) in [6.07, 6.45) is 1.33. The Bertz CT molecular complexity index is 181. The van der Waals surface area contributed by atoms with E-state index < -0.39 is 0 Å². The van der Waals surface area contributed by atoms with Crippen LogP contribution in [-0.4, -0.2) is 37.1 Å². The van der Waals surface area contributed by atoms with Crippen LogP contribution in [0, 0.1) is 11.3 Å². The van der Waals surface area contributed by atoms with Gasteiger partial charge in [0.25, 0.3) is 0 Å². The van der Waals surface area contributed by atoms with Gasteiger partial charge in [-0.25, -0.2) is 0 Å². The van der Waals surface area contributed by atoms with E-state index in [4.69, 9.17) is 0 Å². The molecule has 1 fully saturated rings. The molecule has 0 aliphatic carbocycles. The minimum atomic E-state index is 0.393. The maximum Gasteiger partial charge on any atom is 0.0269 e. The van der Waals surface area contributed by atoms with Crippen LogP contribution in [0.2, 0.25) is 0 Å². The van der Waals surface area contributed by atoms with Gasteiger partial charge in [-0.15, -0.1) is 0 Å². The van der Waals surface area contributed by atoms with Crippen molar-refractivity contribution in [1.29, 1.82) is 0 Å². The van der Waals surface area contributed by atoms with E-state index in [1.807, 2.05) is 0 Å². The molecular formula is C13H28N2. The first-order chi connectivity index (χ1) is 6.91. The van der Waals surface area contributed by atoms with Gasteiger partial charge >= 0.3 is 0 Å². The highest BCUT2D eigenvalue weighted by Crippen LogP contribution is 2.25. The second-order valence-electron chi connectivity index (χ2n) is 6.30. The first-order valence-corrected chi connectivity index (χ1v) is 6.36. The standard InChI is InChI=1S/C13H28N2/c1-11(2)6-8-15-9-7-14-10-12(15)13(3,4)5/h11-12,14H,6-10H2,1-5H3. The third-order valence-corrected chi connectivity index (χ3v) is 3.35. The molecule has 0 aromatic heterocycles. The molecule has 1 atom stereocenters. The van der Waals surface area contributed by atoms with Crippen LogP contribution in [0.15, 0.2) is 0 Å². The maximum atomic E-state index is 3.52. The van der Waals surface area contributed by atoms with Gasteiger partial charge in [-0.05, 0) is 24.3 Å². The third kappa shape index (κ3) is 4.12. The molecule has 0 saturated carbocycles. The van der Waals surface area contributed by atoms with E-state index in [-0.39, 0.29) is 0 Å². The first-order valence-electron chi connectivity index (χ1n) is 6.36. The van der Waals surface area contributed by atoms with Gasteiger partial charge in [0, 0.05) is 25.7 Å². The Morgan fingerprint density at radius 2 is 2.00 bits per heavy atom. The largest absolute Gasteiger partial charge is 0.314 e. The molecule has 2 nitrogen and oxygen atoms in total. The molecule has 0 spiro atoms. The number of rotatable bonds is 3. The number of hydrogen-bond acceptors (Lipinski definition) is 2. The van der Waals surface area contributed by atoms with Crippen LogP contribution in [0.5, 0.6) is 0 Å². The Morgan fingerprint density at radius 3 is 2.53 bits per heavy atom. The van der Waals surface area contributed by atoms with Crippen molar-refractivity contribution in [3.8, 4) is 0 Å². The average molecular weight is 212 g/mol. The molecule has 15 heavy (non-hydrogen) atoms. The van der Waals surface area contributed by atoms with Gasteiger partial charge in [0.05, 0.1) is 0 Å². The summed E-state index contributed by atoms with van der Waals surface area (Å²) in [6.45, 7) is 16.5. The highest BCUT2D eigenvalue weighted by atomic mass is 15.2.